The lowest BCUT2D eigenvalue weighted by molar-refractivity contribution is 0.536. The molecule has 0 spiro atoms. The summed E-state index contributed by atoms with van der Waals surface area (Å²) in [6.45, 7) is 11.2. The van der Waals surface area contributed by atoms with Crippen LogP contribution in [0, 0.1) is 11.8 Å². The summed E-state index contributed by atoms with van der Waals surface area (Å²) < 4.78 is 0. The largest absolute Gasteiger partial charge is 0.370 e. The van der Waals surface area contributed by atoms with Crippen LogP contribution in [-0.2, 0) is 0 Å². The molecular formula is C22H30ClN3. The first kappa shape index (κ1) is 18.9. The molecule has 0 aliphatic carbocycles. The Bertz CT molecular complexity index is 819. The fourth-order valence-corrected chi connectivity index (χ4v) is 3.48. The molecule has 0 aliphatic heterocycles. The van der Waals surface area contributed by atoms with Gasteiger partial charge >= 0.3 is 0 Å². The Morgan fingerprint density at radius 3 is 2.23 bits per heavy atom. The first-order valence-electron chi connectivity index (χ1n) is 9.65. The van der Waals surface area contributed by atoms with Crippen LogP contribution in [0.3, 0.4) is 0 Å². The van der Waals surface area contributed by atoms with E-state index in [1.54, 1.807) is 0 Å². The number of H-pyrrole nitrogens is 2. The molecule has 3 nitrogen and oxygen atoms in total. The molecule has 0 fully saturated rings. The third-order valence-electron chi connectivity index (χ3n) is 4.85. The first-order chi connectivity index (χ1) is 12.4. The summed E-state index contributed by atoms with van der Waals surface area (Å²) in [5, 5.41) is 1.96. The van der Waals surface area contributed by atoms with Gasteiger partial charge in [-0.3, -0.25) is 0 Å². The highest BCUT2D eigenvalue weighted by Gasteiger charge is 2.16. The van der Waals surface area contributed by atoms with Gasteiger partial charge in [0, 0.05) is 29.7 Å². The normalized spacial score (nSPS) is 11.8. The fraction of sp³-hybridized carbons (Fsp3) is 0.455. The molecule has 0 amide bonds. The zero-order valence-electron chi connectivity index (χ0n) is 16.3. The molecule has 1 aromatic carbocycles. The molecule has 0 bridgehead atoms. The predicted octanol–water partition coefficient (Wildman–Crippen LogP) is 6.72. The van der Waals surface area contributed by atoms with Crippen LogP contribution >= 0.6 is 11.6 Å². The maximum Gasteiger partial charge on any atom is 0.0698 e. The number of hydrogen-bond acceptors (Lipinski definition) is 1. The Kier molecular flexibility index (Phi) is 5.98. The molecule has 3 rings (SSSR count). The van der Waals surface area contributed by atoms with E-state index in [1.807, 2.05) is 18.3 Å². The van der Waals surface area contributed by atoms with Crippen molar-refractivity contribution in [2.45, 2.75) is 40.5 Å². The van der Waals surface area contributed by atoms with E-state index in [9.17, 15) is 0 Å². The third-order valence-corrected chi connectivity index (χ3v) is 5.07. The van der Waals surface area contributed by atoms with E-state index in [0.717, 1.165) is 34.9 Å². The van der Waals surface area contributed by atoms with Gasteiger partial charge in [-0.2, -0.15) is 0 Å². The molecule has 2 heterocycles. The lowest BCUT2D eigenvalue weighted by atomic mass is 10.1. The second-order valence-corrected chi connectivity index (χ2v) is 8.44. The van der Waals surface area contributed by atoms with Gasteiger partial charge < -0.3 is 14.9 Å². The number of rotatable bonds is 8. The van der Waals surface area contributed by atoms with Gasteiger partial charge in [0.1, 0.15) is 0 Å². The summed E-state index contributed by atoms with van der Waals surface area (Å²) in [6.07, 6.45) is 4.30. The molecule has 4 heteroatoms. The molecule has 140 valence electrons. The number of halogens is 1. The Hall–Kier alpha value is -1.87. The van der Waals surface area contributed by atoms with Gasteiger partial charge in [0.25, 0.3) is 0 Å². The zero-order valence-corrected chi connectivity index (χ0v) is 17.0. The standard InChI is InChI=1S/C22H30ClN3/c1-15(2)7-10-26(11-8-16(3)4)21-14-18(23)12-17-13-20(25-22(17)21)19-6-5-9-24-19/h5-6,9,12-16,24-25H,7-8,10-11H2,1-4H3. The Morgan fingerprint density at radius 2 is 1.65 bits per heavy atom. The van der Waals surface area contributed by atoms with Crippen LogP contribution in [0.2, 0.25) is 5.02 Å². The van der Waals surface area contributed by atoms with Crippen molar-refractivity contribution in [3.8, 4) is 11.4 Å². The smallest absolute Gasteiger partial charge is 0.0698 e. The van der Waals surface area contributed by atoms with Crippen molar-refractivity contribution in [1.82, 2.24) is 9.97 Å². The quantitative estimate of drug-likeness (QED) is 0.453. The van der Waals surface area contributed by atoms with E-state index >= 15 is 0 Å². The molecule has 0 unspecified atom stereocenters. The number of nitrogens with one attached hydrogen (secondary N) is 2. The van der Waals surface area contributed by atoms with Gasteiger partial charge in [-0.15, -0.1) is 0 Å². The number of fused-ring (bicyclic) bond motifs is 1. The molecule has 3 aromatic rings. The molecule has 0 saturated heterocycles. The highest BCUT2D eigenvalue weighted by Crippen LogP contribution is 2.34. The van der Waals surface area contributed by atoms with Crippen LogP contribution in [-0.4, -0.2) is 23.1 Å². The van der Waals surface area contributed by atoms with Gasteiger partial charge in [0.05, 0.1) is 22.6 Å². The van der Waals surface area contributed by atoms with Gasteiger partial charge in [0.15, 0.2) is 0 Å². The number of nitrogens with zero attached hydrogens (tertiary/aromatic N) is 1. The van der Waals surface area contributed by atoms with Gasteiger partial charge in [-0.05, 0) is 55.0 Å². The topological polar surface area (TPSA) is 34.8 Å². The molecule has 2 aromatic heterocycles. The Balaban J connectivity index is 2.00. The van der Waals surface area contributed by atoms with E-state index in [-0.39, 0.29) is 0 Å². The van der Waals surface area contributed by atoms with E-state index in [0.29, 0.717) is 11.8 Å². The SMILES string of the molecule is CC(C)CCN(CCC(C)C)c1cc(Cl)cc2cc(-c3ccc[nH]3)[nH]c12. The molecule has 0 aliphatic rings. The van der Waals surface area contributed by atoms with Crippen LogP contribution in [0.25, 0.3) is 22.3 Å². The molecule has 0 atom stereocenters. The fourth-order valence-electron chi connectivity index (χ4n) is 3.26. The summed E-state index contributed by atoms with van der Waals surface area (Å²) in [6, 6.07) is 10.4. The van der Waals surface area contributed by atoms with Crippen molar-refractivity contribution in [3.05, 3.63) is 41.6 Å². The van der Waals surface area contributed by atoms with Crippen molar-refractivity contribution in [2.75, 3.05) is 18.0 Å². The van der Waals surface area contributed by atoms with Crippen molar-refractivity contribution in [2.24, 2.45) is 11.8 Å². The third kappa shape index (κ3) is 4.45. The lowest BCUT2D eigenvalue weighted by Gasteiger charge is -2.27. The van der Waals surface area contributed by atoms with Gasteiger partial charge in [-0.1, -0.05) is 39.3 Å². The molecule has 0 saturated carbocycles. The molecule has 0 radical (unpaired) electrons. The van der Waals surface area contributed by atoms with Crippen molar-refractivity contribution >= 4 is 28.2 Å². The number of anilines is 1. The minimum Gasteiger partial charge on any atom is -0.370 e. The summed E-state index contributed by atoms with van der Waals surface area (Å²) in [4.78, 5) is 9.40. The molecule has 2 N–H and O–H groups in total. The second kappa shape index (κ2) is 8.22. The number of benzene rings is 1. The van der Waals surface area contributed by atoms with Crippen molar-refractivity contribution in [1.29, 1.82) is 0 Å². The maximum absolute atomic E-state index is 6.48. The van der Waals surface area contributed by atoms with E-state index in [2.05, 4.69) is 60.8 Å². The summed E-state index contributed by atoms with van der Waals surface area (Å²) in [5.74, 6) is 1.37. The minimum absolute atomic E-state index is 0.685. The van der Waals surface area contributed by atoms with E-state index < -0.39 is 0 Å². The van der Waals surface area contributed by atoms with Gasteiger partial charge in [-0.25, -0.2) is 0 Å². The van der Waals surface area contributed by atoms with Crippen LogP contribution in [0.1, 0.15) is 40.5 Å². The average Bonchev–Trinajstić information content (AvgIpc) is 3.22. The van der Waals surface area contributed by atoms with Crippen LogP contribution in [0.5, 0.6) is 0 Å². The second-order valence-electron chi connectivity index (χ2n) is 8.01. The number of aromatic nitrogens is 2. The van der Waals surface area contributed by atoms with E-state index in [4.69, 9.17) is 11.6 Å². The zero-order chi connectivity index (χ0) is 18.7. The molecular weight excluding hydrogens is 342 g/mol. The minimum atomic E-state index is 0.685. The monoisotopic (exact) mass is 371 g/mol. The van der Waals surface area contributed by atoms with E-state index in [1.165, 1.54) is 24.0 Å². The number of aromatic amines is 2. The Labute approximate surface area is 161 Å². The predicted molar refractivity (Wildman–Crippen MR) is 114 cm³/mol. The van der Waals surface area contributed by atoms with Crippen molar-refractivity contribution in [3.63, 3.8) is 0 Å². The highest BCUT2D eigenvalue weighted by atomic mass is 35.5. The summed E-state index contributed by atoms with van der Waals surface area (Å²) >= 11 is 6.48. The lowest BCUT2D eigenvalue weighted by Crippen LogP contribution is -2.27. The van der Waals surface area contributed by atoms with Gasteiger partial charge in [0.2, 0.25) is 0 Å². The molecule has 26 heavy (non-hydrogen) atoms. The highest BCUT2D eigenvalue weighted by molar-refractivity contribution is 6.32. The first-order valence-corrected chi connectivity index (χ1v) is 10.0. The Morgan fingerprint density at radius 1 is 0.962 bits per heavy atom. The number of hydrogen-bond donors (Lipinski definition) is 2. The van der Waals surface area contributed by atoms with Crippen LogP contribution in [0.4, 0.5) is 5.69 Å². The van der Waals surface area contributed by atoms with Crippen molar-refractivity contribution < 1.29 is 0 Å². The summed E-state index contributed by atoms with van der Waals surface area (Å²) in [7, 11) is 0. The summed E-state index contributed by atoms with van der Waals surface area (Å²) in [5.41, 5.74) is 4.58. The van der Waals surface area contributed by atoms with Crippen LogP contribution < -0.4 is 4.90 Å². The van der Waals surface area contributed by atoms with Crippen LogP contribution in [0.15, 0.2) is 36.5 Å². The average molecular weight is 372 g/mol. The maximum atomic E-state index is 6.48.